The second kappa shape index (κ2) is 12.9. The number of carbonyl (C=O) groups excluding carboxylic acids is 3. The number of carbonyl (C=O) groups is 3. The molecule has 3 aliphatic heterocycles. The largest absolute Gasteiger partial charge is 0.465 e. The van der Waals surface area contributed by atoms with Crippen LogP contribution in [0.1, 0.15) is 43.4 Å². The van der Waals surface area contributed by atoms with Crippen LogP contribution < -0.4 is 4.90 Å². The number of rotatable bonds is 12. The van der Waals surface area contributed by atoms with Crippen molar-refractivity contribution in [3.63, 3.8) is 0 Å². The highest BCUT2D eigenvalue weighted by molar-refractivity contribution is 8.02. The molecular formula is C34H39ClN2O5S. The van der Waals surface area contributed by atoms with E-state index in [2.05, 4.69) is 20.1 Å². The summed E-state index contributed by atoms with van der Waals surface area (Å²) in [6.45, 7) is 11.6. The summed E-state index contributed by atoms with van der Waals surface area (Å²) in [5.41, 5.74) is 2.09. The minimum Gasteiger partial charge on any atom is -0.465 e. The fourth-order valence-corrected chi connectivity index (χ4v) is 10.1. The molecule has 1 spiro atoms. The van der Waals surface area contributed by atoms with Gasteiger partial charge in [0.1, 0.15) is 6.04 Å². The first-order valence-corrected chi connectivity index (χ1v) is 16.1. The number of amides is 2. The summed E-state index contributed by atoms with van der Waals surface area (Å²) in [7, 11) is 0. The Bertz CT molecular complexity index is 1380. The predicted octanol–water partition coefficient (Wildman–Crippen LogP) is 5.75. The molecule has 43 heavy (non-hydrogen) atoms. The van der Waals surface area contributed by atoms with E-state index in [0.29, 0.717) is 29.1 Å². The zero-order chi connectivity index (χ0) is 30.9. The van der Waals surface area contributed by atoms with Gasteiger partial charge in [-0.05, 0) is 49.3 Å². The van der Waals surface area contributed by atoms with Crippen molar-refractivity contribution in [2.24, 2.45) is 17.8 Å². The van der Waals surface area contributed by atoms with Crippen LogP contribution in [0.15, 0.2) is 73.8 Å². The maximum Gasteiger partial charge on any atom is 0.310 e. The zero-order valence-corrected chi connectivity index (χ0v) is 26.2. The molecule has 3 saturated heterocycles. The van der Waals surface area contributed by atoms with E-state index >= 15 is 4.79 Å². The normalized spacial score (nSPS) is 28.0. The highest BCUT2D eigenvalue weighted by atomic mass is 35.5. The molecule has 0 saturated carbocycles. The number of anilines is 1. The van der Waals surface area contributed by atoms with Crippen molar-refractivity contribution in [2.45, 2.75) is 55.2 Å². The van der Waals surface area contributed by atoms with Crippen molar-refractivity contribution in [3.05, 3.63) is 90.0 Å². The lowest BCUT2D eigenvalue weighted by Crippen LogP contribution is -2.58. The number of hydrogen-bond donors (Lipinski definition) is 1. The Labute approximate surface area is 262 Å². The summed E-state index contributed by atoms with van der Waals surface area (Å²) < 4.78 is 4.82. The molecule has 2 bridgehead atoms. The van der Waals surface area contributed by atoms with Crippen molar-refractivity contribution in [1.29, 1.82) is 0 Å². The first-order valence-electron chi connectivity index (χ1n) is 14.8. The van der Waals surface area contributed by atoms with E-state index < -0.39 is 34.6 Å². The van der Waals surface area contributed by atoms with E-state index in [1.807, 2.05) is 49.4 Å². The summed E-state index contributed by atoms with van der Waals surface area (Å²) in [6.07, 6.45) is 5.48. The number of likely N-dealkylation sites (tertiary alicyclic amines) is 1. The van der Waals surface area contributed by atoms with Gasteiger partial charge in [-0.2, -0.15) is 0 Å². The third-order valence-corrected chi connectivity index (χ3v) is 11.6. The average Bonchev–Trinajstić information content (AvgIpc) is 3.59. The lowest BCUT2D eigenvalue weighted by Gasteiger charge is -2.42. The number of para-hydroxylation sites is 1. The van der Waals surface area contributed by atoms with Gasteiger partial charge >= 0.3 is 5.97 Å². The standard InChI is InChI=1S/C34H39ClN2O5S/c1-5-7-11-18-42-33(41)27-26-19-22(4)34(43-26)28(27)31(39)37(25(20-38)23-14-9-8-10-15-23)30(34)32(40)36(17-6-2)29-21(3)13-12-16-24(29)35/h5-6,8-10,12-16,22,25-28,30,38H,1-2,7,11,17-20H2,3-4H3/t22?,25-,26+,27-,28+,30?,34?/m1/s1. The molecular weight excluding hydrogens is 584 g/mol. The number of aryl methyl sites for hydroxylation is 1. The monoisotopic (exact) mass is 622 g/mol. The van der Waals surface area contributed by atoms with Crippen LogP contribution in [-0.2, 0) is 19.1 Å². The number of unbranched alkanes of at least 4 members (excludes halogenated alkanes) is 1. The van der Waals surface area contributed by atoms with Crippen LogP contribution in [0.5, 0.6) is 0 Å². The van der Waals surface area contributed by atoms with E-state index in [0.717, 1.165) is 12.0 Å². The molecule has 2 amide bonds. The maximum atomic E-state index is 15.0. The summed E-state index contributed by atoms with van der Waals surface area (Å²) in [6, 6.07) is 13.0. The molecule has 7 atom stereocenters. The predicted molar refractivity (Wildman–Crippen MR) is 171 cm³/mol. The van der Waals surface area contributed by atoms with Crippen LogP contribution >= 0.6 is 23.4 Å². The molecule has 3 unspecified atom stereocenters. The molecule has 0 aliphatic carbocycles. The van der Waals surface area contributed by atoms with E-state index in [4.69, 9.17) is 16.3 Å². The number of nitrogens with zero attached hydrogens (tertiary/aromatic N) is 2. The van der Waals surface area contributed by atoms with Crippen molar-refractivity contribution in [3.8, 4) is 0 Å². The molecule has 3 fully saturated rings. The Balaban J connectivity index is 1.64. The lowest BCUT2D eigenvalue weighted by molar-refractivity contribution is -0.155. The van der Waals surface area contributed by atoms with Crippen molar-refractivity contribution < 1.29 is 24.2 Å². The topological polar surface area (TPSA) is 87.2 Å². The van der Waals surface area contributed by atoms with Gasteiger partial charge in [-0.3, -0.25) is 14.4 Å². The second-order valence-corrected chi connectivity index (χ2v) is 13.6. The van der Waals surface area contributed by atoms with Gasteiger partial charge in [0.2, 0.25) is 5.91 Å². The Morgan fingerprint density at radius 2 is 1.95 bits per heavy atom. The number of aliphatic hydroxyl groups is 1. The lowest BCUT2D eigenvalue weighted by atomic mass is 9.66. The smallest absolute Gasteiger partial charge is 0.310 e. The first-order chi connectivity index (χ1) is 20.7. The number of halogens is 1. The van der Waals surface area contributed by atoms with Crippen molar-refractivity contribution in [2.75, 3.05) is 24.7 Å². The molecule has 228 valence electrons. The molecule has 3 heterocycles. The van der Waals surface area contributed by atoms with Gasteiger partial charge in [-0.15, -0.1) is 24.9 Å². The Hall–Kier alpha value is -3.07. The molecule has 1 N–H and O–H groups in total. The van der Waals surface area contributed by atoms with Gasteiger partial charge in [0.05, 0.1) is 46.5 Å². The fourth-order valence-electron chi connectivity index (χ4n) is 7.40. The van der Waals surface area contributed by atoms with Gasteiger partial charge in [0.25, 0.3) is 5.91 Å². The fraction of sp³-hybridized carbons (Fsp3) is 0.441. The van der Waals surface area contributed by atoms with Gasteiger partial charge in [0, 0.05) is 11.8 Å². The second-order valence-electron chi connectivity index (χ2n) is 11.6. The molecule has 0 radical (unpaired) electrons. The van der Waals surface area contributed by atoms with E-state index in [-0.39, 0.29) is 42.7 Å². The van der Waals surface area contributed by atoms with E-state index in [1.54, 1.807) is 39.8 Å². The van der Waals surface area contributed by atoms with Crippen LogP contribution in [0.25, 0.3) is 0 Å². The van der Waals surface area contributed by atoms with Crippen LogP contribution in [0.3, 0.4) is 0 Å². The van der Waals surface area contributed by atoms with Crippen molar-refractivity contribution in [1.82, 2.24) is 4.90 Å². The molecule has 2 aromatic rings. The van der Waals surface area contributed by atoms with Crippen LogP contribution in [-0.4, -0.2) is 63.6 Å². The molecule has 7 nitrogen and oxygen atoms in total. The minimum absolute atomic E-state index is 0.0479. The summed E-state index contributed by atoms with van der Waals surface area (Å²) in [5, 5.41) is 11.1. The molecule has 3 aliphatic rings. The third-order valence-electron chi connectivity index (χ3n) is 9.22. The number of hydrogen-bond acceptors (Lipinski definition) is 6. The molecule has 5 rings (SSSR count). The number of esters is 1. The highest BCUT2D eigenvalue weighted by Gasteiger charge is 2.77. The summed E-state index contributed by atoms with van der Waals surface area (Å²) in [4.78, 5) is 46.5. The number of fused-ring (bicyclic) bond motifs is 1. The molecule has 2 aromatic carbocycles. The van der Waals surface area contributed by atoms with Gasteiger partial charge in [0.15, 0.2) is 0 Å². The van der Waals surface area contributed by atoms with Crippen LogP contribution in [0, 0.1) is 24.7 Å². The zero-order valence-electron chi connectivity index (χ0n) is 24.7. The van der Waals surface area contributed by atoms with E-state index in [1.165, 1.54) is 0 Å². The SMILES string of the molecule is C=CCCCOC(=O)[C@@H]1[C@@H]2CC(C)C3(S2)C(C(=O)N(CC=C)c2c(C)cccc2Cl)N([C@H](CO)c2ccccc2)C(=O)[C@H]13. The van der Waals surface area contributed by atoms with Crippen LogP contribution in [0.4, 0.5) is 5.69 Å². The highest BCUT2D eigenvalue weighted by Crippen LogP contribution is 2.69. The number of thioether (sulfide) groups is 1. The Morgan fingerprint density at radius 1 is 1.21 bits per heavy atom. The Morgan fingerprint density at radius 3 is 2.60 bits per heavy atom. The van der Waals surface area contributed by atoms with Crippen molar-refractivity contribution >= 4 is 46.8 Å². The van der Waals surface area contributed by atoms with Gasteiger partial charge < -0.3 is 19.6 Å². The summed E-state index contributed by atoms with van der Waals surface area (Å²) >= 11 is 8.27. The number of benzene rings is 2. The van der Waals surface area contributed by atoms with Gasteiger partial charge in [-0.1, -0.05) is 73.1 Å². The Kier molecular flexibility index (Phi) is 9.40. The number of allylic oxidation sites excluding steroid dienone is 1. The first kappa shape index (κ1) is 31.4. The minimum atomic E-state index is -0.957. The quantitative estimate of drug-likeness (QED) is 0.184. The molecule has 0 aromatic heterocycles. The summed E-state index contributed by atoms with van der Waals surface area (Å²) in [5.74, 6) is -2.49. The van der Waals surface area contributed by atoms with Gasteiger partial charge in [-0.25, -0.2) is 0 Å². The number of ether oxygens (including phenoxy) is 1. The number of aliphatic hydroxyl groups excluding tert-OH is 1. The third kappa shape index (κ3) is 5.21. The van der Waals surface area contributed by atoms with Crippen LogP contribution in [0.2, 0.25) is 5.02 Å². The maximum absolute atomic E-state index is 15.0. The molecule has 9 heteroatoms. The van der Waals surface area contributed by atoms with E-state index in [9.17, 15) is 14.7 Å². The average molecular weight is 623 g/mol.